The Morgan fingerprint density at radius 3 is 2.32 bits per heavy atom. The second kappa shape index (κ2) is 8.24. The van der Waals surface area contributed by atoms with Crippen LogP contribution >= 0.6 is 0 Å². The van der Waals surface area contributed by atoms with Gasteiger partial charge in [-0.15, -0.1) is 0 Å². The van der Waals surface area contributed by atoms with Gasteiger partial charge >= 0.3 is 5.97 Å². The van der Waals surface area contributed by atoms with E-state index < -0.39 is 5.97 Å². The van der Waals surface area contributed by atoms with E-state index >= 15 is 0 Å². The molecule has 0 saturated heterocycles. The molecule has 0 unspecified atom stereocenters. The summed E-state index contributed by atoms with van der Waals surface area (Å²) in [6, 6.07) is 9.32. The highest BCUT2D eigenvalue weighted by atomic mass is 16.5. The van der Waals surface area contributed by atoms with Gasteiger partial charge in [-0.3, -0.25) is 0 Å². The molecule has 0 amide bonds. The minimum absolute atomic E-state index is 0.0683. The zero-order chi connectivity index (χ0) is 18.4. The summed E-state index contributed by atoms with van der Waals surface area (Å²) in [5.74, 6) is -0.861. The van der Waals surface area contributed by atoms with Gasteiger partial charge in [0.1, 0.15) is 29.4 Å². The van der Waals surface area contributed by atoms with E-state index in [0.29, 0.717) is 18.4 Å². The first-order valence-electron chi connectivity index (χ1n) is 8.00. The van der Waals surface area contributed by atoms with Crippen LogP contribution in [0.15, 0.2) is 48.0 Å². The number of rotatable bonds is 6. The molecule has 0 bridgehead atoms. The molecule has 0 fully saturated rings. The third-order valence-corrected chi connectivity index (χ3v) is 3.71. The van der Waals surface area contributed by atoms with Crippen molar-refractivity contribution in [2.75, 3.05) is 6.61 Å². The highest BCUT2D eigenvalue weighted by Gasteiger charge is 2.19. The Kier molecular flexibility index (Phi) is 6.06. The fraction of sp³-hybridized carbons (Fsp3) is 0.250. The van der Waals surface area contributed by atoms with Crippen molar-refractivity contribution in [1.82, 2.24) is 0 Å². The molecular formula is C20H22O5. The van der Waals surface area contributed by atoms with Crippen molar-refractivity contribution in [2.45, 2.75) is 26.7 Å². The lowest BCUT2D eigenvalue weighted by atomic mass is 9.98. The molecular weight excluding hydrogens is 320 g/mol. The molecule has 25 heavy (non-hydrogen) atoms. The second-order valence-electron chi connectivity index (χ2n) is 6.05. The molecule has 0 aromatic heterocycles. The number of esters is 1. The Balaban J connectivity index is 2.19. The van der Waals surface area contributed by atoms with Gasteiger partial charge in [0.2, 0.25) is 0 Å². The predicted octanol–water partition coefficient (Wildman–Crippen LogP) is 3.71. The van der Waals surface area contributed by atoms with Gasteiger partial charge in [-0.25, -0.2) is 4.79 Å². The van der Waals surface area contributed by atoms with E-state index in [2.05, 4.69) is 0 Å². The lowest BCUT2D eigenvalue weighted by Gasteiger charge is -2.12. The van der Waals surface area contributed by atoms with E-state index in [9.17, 15) is 20.1 Å². The Bertz CT molecular complexity index is 771. The van der Waals surface area contributed by atoms with E-state index in [1.54, 1.807) is 30.3 Å². The van der Waals surface area contributed by atoms with Crippen LogP contribution in [0.25, 0.3) is 0 Å². The maximum absolute atomic E-state index is 12.3. The van der Waals surface area contributed by atoms with Crippen molar-refractivity contribution in [3.05, 3.63) is 64.7 Å². The highest BCUT2D eigenvalue weighted by Crippen LogP contribution is 2.29. The summed E-state index contributed by atoms with van der Waals surface area (Å²) in [7, 11) is 0. The van der Waals surface area contributed by atoms with E-state index in [-0.39, 0.29) is 29.4 Å². The average Bonchev–Trinajstić information content (AvgIpc) is 2.53. The second-order valence-corrected chi connectivity index (χ2v) is 6.05. The average molecular weight is 342 g/mol. The van der Waals surface area contributed by atoms with Crippen LogP contribution in [-0.4, -0.2) is 27.9 Å². The molecule has 132 valence electrons. The fourth-order valence-corrected chi connectivity index (χ4v) is 2.40. The molecule has 2 aromatic rings. The van der Waals surface area contributed by atoms with Crippen molar-refractivity contribution >= 4 is 5.97 Å². The first-order chi connectivity index (χ1) is 11.9. The molecule has 5 nitrogen and oxygen atoms in total. The van der Waals surface area contributed by atoms with Gasteiger partial charge in [0.05, 0.1) is 0 Å². The SMILES string of the molecule is CC(C)=CCOC(=O)c1c(O)cc(O)cc1CCc1ccc(O)cc1. The van der Waals surface area contributed by atoms with Crippen LogP contribution in [0, 0.1) is 0 Å². The normalized spacial score (nSPS) is 10.3. The molecule has 0 spiro atoms. The number of carbonyl (C=O) groups excluding carboxylic acids is 1. The smallest absolute Gasteiger partial charge is 0.342 e. The van der Waals surface area contributed by atoms with Gasteiger partial charge in [-0.2, -0.15) is 0 Å². The molecule has 0 aliphatic heterocycles. The summed E-state index contributed by atoms with van der Waals surface area (Å²) in [5.41, 5.74) is 2.56. The summed E-state index contributed by atoms with van der Waals surface area (Å²) in [5, 5.41) is 29.1. The lowest BCUT2D eigenvalue weighted by molar-refractivity contribution is 0.0544. The molecule has 2 aromatic carbocycles. The van der Waals surface area contributed by atoms with Crippen LogP contribution in [0.5, 0.6) is 17.2 Å². The van der Waals surface area contributed by atoms with Gasteiger partial charge in [-0.05, 0) is 62.1 Å². The maximum Gasteiger partial charge on any atom is 0.342 e. The lowest BCUT2D eigenvalue weighted by Crippen LogP contribution is -2.10. The van der Waals surface area contributed by atoms with E-state index in [4.69, 9.17) is 4.74 Å². The largest absolute Gasteiger partial charge is 0.508 e. The van der Waals surface area contributed by atoms with Crippen LogP contribution in [0.2, 0.25) is 0 Å². The molecule has 0 radical (unpaired) electrons. The third kappa shape index (κ3) is 5.28. The van der Waals surface area contributed by atoms with Gasteiger partial charge in [0.25, 0.3) is 0 Å². The number of allylic oxidation sites excluding steroid dienone is 1. The molecule has 3 N–H and O–H groups in total. The molecule has 0 heterocycles. The van der Waals surface area contributed by atoms with Crippen LogP contribution < -0.4 is 0 Å². The first-order valence-corrected chi connectivity index (χ1v) is 8.00. The van der Waals surface area contributed by atoms with E-state index in [0.717, 1.165) is 17.2 Å². The topological polar surface area (TPSA) is 87.0 Å². The molecule has 0 aliphatic rings. The zero-order valence-corrected chi connectivity index (χ0v) is 14.3. The number of phenols is 3. The zero-order valence-electron chi connectivity index (χ0n) is 14.3. The van der Waals surface area contributed by atoms with Gasteiger partial charge < -0.3 is 20.1 Å². The predicted molar refractivity (Wildman–Crippen MR) is 95.0 cm³/mol. The number of benzene rings is 2. The van der Waals surface area contributed by atoms with Crippen molar-refractivity contribution in [1.29, 1.82) is 0 Å². The molecule has 0 atom stereocenters. The molecule has 5 heteroatoms. The van der Waals surface area contributed by atoms with Crippen molar-refractivity contribution in [3.8, 4) is 17.2 Å². The van der Waals surface area contributed by atoms with Crippen LogP contribution in [-0.2, 0) is 17.6 Å². The summed E-state index contributed by atoms with van der Waals surface area (Å²) in [6.07, 6.45) is 2.78. The minimum Gasteiger partial charge on any atom is -0.508 e. The Hall–Kier alpha value is -2.95. The Morgan fingerprint density at radius 2 is 1.68 bits per heavy atom. The summed E-state index contributed by atoms with van der Waals surface area (Å²) in [6.45, 7) is 3.92. The number of aryl methyl sites for hydroxylation is 2. The Labute approximate surface area is 146 Å². The highest BCUT2D eigenvalue weighted by molar-refractivity contribution is 5.94. The number of carbonyl (C=O) groups is 1. The van der Waals surface area contributed by atoms with Crippen LogP contribution in [0.4, 0.5) is 0 Å². The number of hydrogen-bond acceptors (Lipinski definition) is 5. The van der Waals surface area contributed by atoms with Gasteiger partial charge in [0.15, 0.2) is 0 Å². The first kappa shape index (κ1) is 18.4. The minimum atomic E-state index is -0.629. The summed E-state index contributed by atoms with van der Waals surface area (Å²) >= 11 is 0. The van der Waals surface area contributed by atoms with E-state index in [1.807, 2.05) is 13.8 Å². The number of phenolic OH excluding ortho intramolecular Hbond substituents is 3. The van der Waals surface area contributed by atoms with Crippen molar-refractivity contribution in [2.24, 2.45) is 0 Å². The summed E-state index contributed by atoms with van der Waals surface area (Å²) in [4.78, 5) is 12.3. The van der Waals surface area contributed by atoms with Gasteiger partial charge in [0, 0.05) is 6.07 Å². The third-order valence-electron chi connectivity index (χ3n) is 3.71. The molecule has 2 rings (SSSR count). The Morgan fingerprint density at radius 1 is 1.00 bits per heavy atom. The standard InChI is InChI=1S/C20H22O5/c1-13(2)9-10-25-20(24)19-15(11-17(22)12-18(19)23)6-3-14-4-7-16(21)8-5-14/h4-5,7-9,11-12,21-23H,3,6,10H2,1-2H3. The monoisotopic (exact) mass is 342 g/mol. The van der Waals surface area contributed by atoms with Crippen LogP contribution in [0.3, 0.4) is 0 Å². The van der Waals surface area contributed by atoms with Crippen molar-refractivity contribution in [3.63, 3.8) is 0 Å². The van der Waals surface area contributed by atoms with Crippen LogP contribution in [0.1, 0.15) is 35.3 Å². The van der Waals surface area contributed by atoms with Gasteiger partial charge in [-0.1, -0.05) is 17.7 Å². The number of hydrogen-bond donors (Lipinski definition) is 3. The van der Waals surface area contributed by atoms with Crippen molar-refractivity contribution < 1.29 is 24.9 Å². The molecule has 0 saturated carbocycles. The summed E-state index contributed by atoms with van der Waals surface area (Å²) < 4.78 is 5.18. The molecule has 0 aliphatic carbocycles. The fourth-order valence-electron chi connectivity index (χ4n) is 2.40. The maximum atomic E-state index is 12.3. The quantitative estimate of drug-likeness (QED) is 0.550. The van der Waals surface area contributed by atoms with E-state index in [1.165, 1.54) is 6.07 Å². The number of ether oxygens (including phenoxy) is 1. The number of aromatic hydroxyl groups is 3.